The number of nitriles is 1. The van der Waals surface area contributed by atoms with Gasteiger partial charge in [0.05, 0.1) is 0 Å². The van der Waals surface area contributed by atoms with Gasteiger partial charge < -0.3 is 10.6 Å². The number of pyridine rings is 1. The molecule has 1 aromatic heterocycles. The number of nitrogens with zero attached hydrogens (tertiary/aromatic N) is 2. The second-order valence-electron chi connectivity index (χ2n) is 5.40. The number of anilines is 2. The molecule has 0 saturated heterocycles. The molecule has 0 radical (unpaired) electrons. The summed E-state index contributed by atoms with van der Waals surface area (Å²) in [6.07, 6.45) is 2.98. The largest absolute Gasteiger partial charge is 0.345 e. The molecule has 0 saturated carbocycles. The van der Waals surface area contributed by atoms with E-state index in [1.165, 1.54) is 6.20 Å². The van der Waals surface area contributed by atoms with Crippen molar-refractivity contribution in [3.05, 3.63) is 63.4 Å². The number of halogens is 1. The zero-order valence-corrected chi connectivity index (χ0v) is 15.2. The summed E-state index contributed by atoms with van der Waals surface area (Å²) in [5, 5.41) is 14.9. The van der Waals surface area contributed by atoms with E-state index in [9.17, 15) is 10.1 Å². The third-order valence-corrected chi connectivity index (χ3v) is 3.84. The fraction of sp³-hybridized carbons (Fsp3) is 0.167. The number of benzene rings is 1. The van der Waals surface area contributed by atoms with Crippen LogP contribution in [0.15, 0.2) is 46.7 Å². The second-order valence-corrected chi connectivity index (χ2v) is 6.32. The number of aromatic nitrogens is 1. The minimum Gasteiger partial charge on any atom is -0.345 e. The van der Waals surface area contributed by atoms with Crippen LogP contribution in [0.5, 0.6) is 0 Å². The van der Waals surface area contributed by atoms with Crippen LogP contribution in [0.4, 0.5) is 11.5 Å². The van der Waals surface area contributed by atoms with Crippen LogP contribution in [0.25, 0.3) is 0 Å². The van der Waals surface area contributed by atoms with Crippen LogP contribution >= 0.6 is 15.9 Å². The van der Waals surface area contributed by atoms with Crippen LogP contribution in [0, 0.1) is 32.1 Å². The average Bonchev–Trinajstić information content (AvgIpc) is 2.53. The first-order valence-electron chi connectivity index (χ1n) is 7.28. The van der Waals surface area contributed by atoms with Gasteiger partial charge in [0.15, 0.2) is 0 Å². The van der Waals surface area contributed by atoms with Crippen molar-refractivity contribution in [1.82, 2.24) is 4.98 Å². The van der Waals surface area contributed by atoms with E-state index in [0.29, 0.717) is 5.82 Å². The summed E-state index contributed by atoms with van der Waals surface area (Å²) in [4.78, 5) is 16.5. The van der Waals surface area contributed by atoms with E-state index >= 15 is 0 Å². The number of carbonyl (C=O) groups excluding carboxylic acids is 1. The zero-order valence-electron chi connectivity index (χ0n) is 13.6. The third kappa shape index (κ3) is 4.43. The van der Waals surface area contributed by atoms with E-state index in [4.69, 9.17) is 0 Å². The van der Waals surface area contributed by atoms with Gasteiger partial charge in [0, 0.05) is 22.6 Å². The first-order valence-corrected chi connectivity index (χ1v) is 8.07. The lowest BCUT2D eigenvalue weighted by Crippen LogP contribution is -2.16. The van der Waals surface area contributed by atoms with Gasteiger partial charge in [-0.15, -0.1) is 0 Å². The lowest BCUT2D eigenvalue weighted by atomic mass is 10.0. The third-order valence-electron chi connectivity index (χ3n) is 3.37. The molecule has 0 fully saturated rings. The van der Waals surface area contributed by atoms with Gasteiger partial charge in [-0.25, -0.2) is 4.98 Å². The van der Waals surface area contributed by atoms with Crippen molar-refractivity contribution in [1.29, 1.82) is 5.26 Å². The summed E-state index contributed by atoms with van der Waals surface area (Å²) in [5.74, 6) is 0.0820. The molecule has 0 unspecified atom stereocenters. The molecule has 5 nitrogen and oxygen atoms in total. The summed E-state index contributed by atoms with van der Waals surface area (Å²) >= 11 is 3.30. The molecule has 0 bridgehead atoms. The standard InChI is InChI=1S/C18H17BrN4O/c1-11-6-12(2)17(13(3)7-11)23-18(24)14(8-20)9-21-16-5-4-15(19)10-22-16/h4-7,9-10H,1-3H3,(H,21,22)(H,23,24)/b14-9-. The Hall–Kier alpha value is -2.65. The Kier molecular flexibility index (Phi) is 5.72. The number of nitrogens with one attached hydrogen (secondary N) is 2. The Morgan fingerprint density at radius 3 is 2.46 bits per heavy atom. The van der Waals surface area contributed by atoms with Crippen LogP contribution < -0.4 is 10.6 Å². The summed E-state index contributed by atoms with van der Waals surface area (Å²) in [7, 11) is 0. The van der Waals surface area contributed by atoms with E-state index in [1.54, 1.807) is 12.3 Å². The number of aryl methyl sites for hydroxylation is 3. The predicted molar refractivity (Wildman–Crippen MR) is 98.5 cm³/mol. The molecule has 24 heavy (non-hydrogen) atoms. The Morgan fingerprint density at radius 2 is 1.92 bits per heavy atom. The van der Waals surface area contributed by atoms with Crippen LogP contribution in [0.3, 0.4) is 0 Å². The summed E-state index contributed by atoms with van der Waals surface area (Å²) < 4.78 is 0.848. The Morgan fingerprint density at radius 1 is 1.25 bits per heavy atom. The molecule has 1 heterocycles. The maximum Gasteiger partial charge on any atom is 0.267 e. The Labute approximate surface area is 149 Å². The maximum absolute atomic E-state index is 12.3. The van der Waals surface area contributed by atoms with Gasteiger partial charge >= 0.3 is 0 Å². The van der Waals surface area contributed by atoms with Crippen molar-refractivity contribution in [3.63, 3.8) is 0 Å². The highest BCUT2D eigenvalue weighted by Gasteiger charge is 2.12. The molecule has 6 heteroatoms. The number of carbonyl (C=O) groups is 1. The molecule has 2 rings (SSSR count). The highest BCUT2D eigenvalue weighted by atomic mass is 79.9. The van der Waals surface area contributed by atoms with E-state index in [2.05, 4.69) is 31.5 Å². The van der Waals surface area contributed by atoms with Crippen molar-refractivity contribution in [3.8, 4) is 6.07 Å². The fourth-order valence-electron chi connectivity index (χ4n) is 2.31. The quantitative estimate of drug-likeness (QED) is 0.610. The Bertz CT molecular complexity index is 812. The molecular weight excluding hydrogens is 368 g/mol. The Balaban J connectivity index is 2.16. The van der Waals surface area contributed by atoms with E-state index in [0.717, 1.165) is 26.9 Å². The molecule has 2 aromatic rings. The van der Waals surface area contributed by atoms with Gasteiger partial charge in [-0.2, -0.15) is 5.26 Å². The molecule has 2 N–H and O–H groups in total. The average molecular weight is 385 g/mol. The first kappa shape index (κ1) is 17.7. The van der Waals surface area contributed by atoms with Crippen molar-refractivity contribution in [2.75, 3.05) is 10.6 Å². The summed E-state index contributed by atoms with van der Waals surface area (Å²) in [6, 6.07) is 9.43. The molecule has 0 atom stereocenters. The summed E-state index contributed by atoms with van der Waals surface area (Å²) in [6.45, 7) is 5.85. The van der Waals surface area contributed by atoms with Crippen LogP contribution in [0.2, 0.25) is 0 Å². The van der Waals surface area contributed by atoms with Gasteiger partial charge in [-0.05, 0) is 60.0 Å². The molecule has 0 aliphatic carbocycles. The second kappa shape index (κ2) is 7.75. The number of hydrogen-bond donors (Lipinski definition) is 2. The number of amides is 1. The van der Waals surface area contributed by atoms with Crippen molar-refractivity contribution >= 4 is 33.3 Å². The van der Waals surface area contributed by atoms with Gasteiger partial charge in [0.2, 0.25) is 0 Å². The predicted octanol–water partition coefficient (Wildman–Crippen LogP) is 4.23. The number of hydrogen-bond acceptors (Lipinski definition) is 4. The minimum atomic E-state index is -0.461. The van der Waals surface area contributed by atoms with Gasteiger partial charge in [-0.3, -0.25) is 4.79 Å². The van der Waals surface area contributed by atoms with Crippen molar-refractivity contribution < 1.29 is 4.79 Å². The monoisotopic (exact) mass is 384 g/mol. The zero-order chi connectivity index (χ0) is 17.7. The van der Waals surface area contributed by atoms with Crippen LogP contribution in [-0.4, -0.2) is 10.9 Å². The normalized spacial score (nSPS) is 10.9. The van der Waals surface area contributed by atoms with Gasteiger partial charge in [-0.1, -0.05) is 17.7 Å². The molecule has 122 valence electrons. The molecule has 1 aromatic carbocycles. The van der Waals surface area contributed by atoms with E-state index < -0.39 is 5.91 Å². The molecule has 0 aliphatic heterocycles. The van der Waals surface area contributed by atoms with E-state index in [1.807, 2.05) is 45.0 Å². The van der Waals surface area contributed by atoms with E-state index in [-0.39, 0.29) is 5.57 Å². The van der Waals surface area contributed by atoms with Crippen molar-refractivity contribution in [2.24, 2.45) is 0 Å². The van der Waals surface area contributed by atoms with Gasteiger partial charge in [0.25, 0.3) is 5.91 Å². The lowest BCUT2D eigenvalue weighted by molar-refractivity contribution is -0.112. The highest BCUT2D eigenvalue weighted by Crippen LogP contribution is 2.22. The van der Waals surface area contributed by atoms with Crippen molar-refractivity contribution in [2.45, 2.75) is 20.8 Å². The lowest BCUT2D eigenvalue weighted by Gasteiger charge is -2.12. The van der Waals surface area contributed by atoms with Gasteiger partial charge in [0.1, 0.15) is 17.5 Å². The van der Waals surface area contributed by atoms with Crippen LogP contribution in [0.1, 0.15) is 16.7 Å². The first-order chi connectivity index (χ1) is 11.4. The minimum absolute atomic E-state index is 0.0286. The molecule has 0 aliphatic rings. The molecule has 1 amide bonds. The summed E-state index contributed by atoms with van der Waals surface area (Å²) in [5.41, 5.74) is 3.75. The molecular formula is C18H17BrN4O. The maximum atomic E-state index is 12.3. The SMILES string of the molecule is Cc1cc(C)c(NC(=O)/C(C#N)=C\Nc2ccc(Br)cn2)c(C)c1. The highest BCUT2D eigenvalue weighted by molar-refractivity contribution is 9.10. The topological polar surface area (TPSA) is 77.8 Å². The fourth-order valence-corrected chi connectivity index (χ4v) is 2.55. The number of rotatable bonds is 4. The molecule has 0 spiro atoms. The smallest absolute Gasteiger partial charge is 0.267 e. The van der Waals surface area contributed by atoms with Crippen LogP contribution in [-0.2, 0) is 4.79 Å².